The van der Waals surface area contributed by atoms with Crippen molar-refractivity contribution in [2.24, 2.45) is 0 Å². The second-order valence-electron chi connectivity index (χ2n) is 5.31. The lowest BCUT2D eigenvalue weighted by Crippen LogP contribution is -2.26. The molecule has 1 rings (SSSR count). The molecule has 1 aromatic rings. The highest BCUT2D eigenvalue weighted by Crippen LogP contribution is 2.23. The number of ether oxygens (including phenoxy) is 1. The minimum Gasteiger partial charge on any atom is -0.383 e. The minimum atomic E-state index is 0.296. The van der Waals surface area contributed by atoms with Crippen LogP contribution < -0.4 is 10.6 Å². The van der Waals surface area contributed by atoms with E-state index >= 15 is 0 Å². The SMILES string of the molecule is CCCNc1ncnc(NC(CCC)COC)c1CCC. The Morgan fingerprint density at radius 3 is 2.48 bits per heavy atom. The molecule has 0 aliphatic rings. The highest BCUT2D eigenvalue weighted by Gasteiger charge is 2.14. The third kappa shape index (κ3) is 5.87. The average Bonchev–Trinajstić information content (AvgIpc) is 2.48. The number of methoxy groups -OCH3 is 1. The summed E-state index contributed by atoms with van der Waals surface area (Å²) in [6.45, 7) is 8.15. The highest BCUT2D eigenvalue weighted by atomic mass is 16.5. The molecule has 21 heavy (non-hydrogen) atoms. The Morgan fingerprint density at radius 1 is 1.10 bits per heavy atom. The maximum absolute atomic E-state index is 5.30. The van der Waals surface area contributed by atoms with Crippen LogP contribution in [-0.2, 0) is 11.2 Å². The van der Waals surface area contributed by atoms with Crippen molar-refractivity contribution in [3.63, 3.8) is 0 Å². The van der Waals surface area contributed by atoms with Gasteiger partial charge in [-0.15, -0.1) is 0 Å². The van der Waals surface area contributed by atoms with Crippen molar-refractivity contribution in [3.8, 4) is 0 Å². The Kier molecular flexibility index (Phi) is 8.74. The minimum absolute atomic E-state index is 0.296. The van der Waals surface area contributed by atoms with E-state index in [9.17, 15) is 0 Å². The molecule has 0 amide bonds. The van der Waals surface area contributed by atoms with Crippen LogP contribution in [0.15, 0.2) is 6.33 Å². The molecule has 0 bridgehead atoms. The molecule has 1 unspecified atom stereocenters. The molecule has 0 spiro atoms. The van der Waals surface area contributed by atoms with Crippen molar-refractivity contribution >= 4 is 11.6 Å². The fourth-order valence-electron chi connectivity index (χ4n) is 2.36. The van der Waals surface area contributed by atoms with Crippen LogP contribution in [0, 0.1) is 0 Å². The topological polar surface area (TPSA) is 59.1 Å². The summed E-state index contributed by atoms with van der Waals surface area (Å²) in [6, 6.07) is 0.296. The maximum atomic E-state index is 5.30. The second-order valence-corrected chi connectivity index (χ2v) is 5.31. The van der Waals surface area contributed by atoms with Crippen molar-refractivity contribution in [1.29, 1.82) is 0 Å². The van der Waals surface area contributed by atoms with Gasteiger partial charge in [-0.25, -0.2) is 9.97 Å². The van der Waals surface area contributed by atoms with Crippen LogP contribution in [0.2, 0.25) is 0 Å². The molecule has 0 radical (unpaired) electrons. The van der Waals surface area contributed by atoms with Gasteiger partial charge in [-0.3, -0.25) is 0 Å². The smallest absolute Gasteiger partial charge is 0.135 e. The molecule has 5 heteroatoms. The van der Waals surface area contributed by atoms with Crippen LogP contribution in [0.4, 0.5) is 11.6 Å². The predicted octanol–water partition coefficient (Wildman–Crippen LogP) is 3.48. The molecule has 0 aromatic carbocycles. The van der Waals surface area contributed by atoms with Gasteiger partial charge in [0.05, 0.1) is 12.6 Å². The van der Waals surface area contributed by atoms with Crippen LogP contribution in [0.5, 0.6) is 0 Å². The molecule has 2 N–H and O–H groups in total. The molecule has 1 heterocycles. The first-order valence-electron chi connectivity index (χ1n) is 8.09. The normalized spacial score (nSPS) is 12.2. The van der Waals surface area contributed by atoms with Gasteiger partial charge in [0.1, 0.15) is 18.0 Å². The monoisotopic (exact) mass is 294 g/mol. The van der Waals surface area contributed by atoms with Gasteiger partial charge in [0.2, 0.25) is 0 Å². The Balaban J connectivity index is 2.92. The number of anilines is 2. The van der Waals surface area contributed by atoms with Crippen LogP contribution >= 0.6 is 0 Å². The zero-order valence-electron chi connectivity index (χ0n) is 13.9. The van der Waals surface area contributed by atoms with Gasteiger partial charge >= 0.3 is 0 Å². The first-order chi connectivity index (χ1) is 10.3. The van der Waals surface area contributed by atoms with E-state index in [-0.39, 0.29) is 0 Å². The molecule has 5 nitrogen and oxygen atoms in total. The molecule has 0 aliphatic carbocycles. The van der Waals surface area contributed by atoms with E-state index in [0.717, 1.165) is 50.3 Å². The molecule has 1 aromatic heterocycles. The van der Waals surface area contributed by atoms with Crippen LogP contribution in [0.3, 0.4) is 0 Å². The molecule has 0 aliphatic heterocycles. The van der Waals surface area contributed by atoms with Crippen molar-refractivity contribution in [1.82, 2.24) is 9.97 Å². The number of rotatable bonds is 11. The van der Waals surface area contributed by atoms with E-state index in [1.165, 1.54) is 5.56 Å². The zero-order chi connectivity index (χ0) is 15.5. The Hall–Kier alpha value is -1.36. The van der Waals surface area contributed by atoms with E-state index < -0.39 is 0 Å². The lowest BCUT2D eigenvalue weighted by molar-refractivity contribution is 0.182. The van der Waals surface area contributed by atoms with E-state index in [1.54, 1.807) is 13.4 Å². The third-order valence-corrected chi connectivity index (χ3v) is 3.33. The predicted molar refractivity (Wildman–Crippen MR) is 89.0 cm³/mol. The summed E-state index contributed by atoms with van der Waals surface area (Å²) in [7, 11) is 1.74. The molecule has 0 saturated heterocycles. The van der Waals surface area contributed by atoms with Gasteiger partial charge in [0, 0.05) is 19.2 Å². The number of nitrogens with zero attached hydrogens (tertiary/aromatic N) is 2. The van der Waals surface area contributed by atoms with Crippen LogP contribution in [0.25, 0.3) is 0 Å². The molecule has 120 valence electrons. The van der Waals surface area contributed by atoms with E-state index in [4.69, 9.17) is 4.74 Å². The first-order valence-corrected chi connectivity index (χ1v) is 8.09. The van der Waals surface area contributed by atoms with Gasteiger partial charge < -0.3 is 15.4 Å². The molecule has 1 atom stereocenters. The number of hydrogen-bond donors (Lipinski definition) is 2. The summed E-state index contributed by atoms with van der Waals surface area (Å²) in [5.74, 6) is 1.91. The standard InChI is InChI=1S/C16H30N4O/c1-5-8-13(11-21-4)20-16-14(9-6-2)15(17-10-7-3)18-12-19-16/h12-13H,5-11H2,1-4H3,(H2,17,18,19,20). The van der Waals surface area contributed by atoms with Crippen molar-refractivity contribution < 1.29 is 4.74 Å². The second kappa shape index (κ2) is 10.4. The van der Waals surface area contributed by atoms with E-state index in [1.807, 2.05) is 0 Å². The highest BCUT2D eigenvalue weighted by molar-refractivity contribution is 5.57. The average molecular weight is 294 g/mol. The lowest BCUT2D eigenvalue weighted by Gasteiger charge is -2.21. The van der Waals surface area contributed by atoms with Gasteiger partial charge in [-0.1, -0.05) is 33.6 Å². The van der Waals surface area contributed by atoms with Crippen LogP contribution in [0.1, 0.15) is 52.0 Å². The van der Waals surface area contributed by atoms with Gasteiger partial charge in [0.15, 0.2) is 0 Å². The summed E-state index contributed by atoms with van der Waals surface area (Å²) in [5, 5.41) is 6.94. The zero-order valence-corrected chi connectivity index (χ0v) is 13.9. The van der Waals surface area contributed by atoms with Gasteiger partial charge in [-0.05, 0) is 19.3 Å². The van der Waals surface area contributed by atoms with Gasteiger partial charge in [-0.2, -0.15) is 0 Å². The van der Waals surface area contributed by atoms with Gasteiger partial charge in [0.25, 0.3) is 0 Å². The number of aromatic nitrogens is 2. The maximum Gasteiger partial charge on any atom is 0.135 e. The Bertz CT molecular complexity index is 392. The Labute approximate surface area is 128 Å². The fourth-order valence-corrected chi connectivity index (χ4v) is 2.36. The Morgan fingerprint density at radius 2 is 1.86 bits per heavy atom. The largest absolute Gasteiger partial charge is 0.383 e. The summed E-state index contributed by atoms with van der Waals surface area (Å²) < 4.78 is 5.30. The number of nitrogens with one attached hydrogen (secondary N) is 2. The van der Waals surface area contributed by atoms with Crippen molar-refractivity contribution in [2.45, 2.75) is 58.9 Å². The van der Waals surface area contributed by atoms with Crippen molar-refractivity contribution in [3.05, 3.63) is 11.9 Å². The summed E-state index contributed by atoms with van der Waals surface area (Å²) in [4.78, 5) is 8.85. The van der Waals surface area contributed by atoms with E-state index in [2.05, 4.69) is 41.4 Å². The van der Waals surface area contributed by atoms with Crippen molar-refractivity contribution in [2.75, 3.05) is 30.9 Å². The molecular weight excluding hydrogens is 264 g/mol. The fraction of sp³-hybridized carbons (Fsp3) is 0.750. The molecule has 0 saturated carbocycles. The first kappa shape index (κ1) is 17.7. The summed E-state index contributed by atoms with van der Waals surface area (Å²) in [6.07, 6.45) is 6.96. The quantitative estimate of drug-likeness (QED) is 0.654. The summed E-state index contributed by atoms with van der Waals surface area (Å²) in [5.41, 5.74) is 1.19. The molecule has 0 fully saturated rings. The third-order valence-electron chi connectivity index (χ3n) is 3.33. The number of hydrogen-bond acceptors (Lipinski definition) is 5. The lowest BCUT2D eigenvalue weighted by atomic mass is 10.1. The molecular formula is C16H30N4O. The van der Waals surface area contributed by atoms with E-state index in [0.29, 0.717) is 12.6 Å². The summed E-state index contributed by atoms with van der Waals surface area (Å²) >= 11 is 0. The van der Waals surface area contributed by atoms with Crippen LogP contribution in [-0.4, -0.2) is 36.3 Å².